The second kappa shape index (κ2) is 3.27. The zero-order valence-electron chi connectivity index (χ0n) is 6.96. The van der Waals surface area contributed by atoms with Gasteiger partial charge in [0.15, 0.2) is 0 Å². The summed E-state index contributed by atoms with van der Waals surface area (Å²) in [6.07, 6.45) is 0.904. The number of aromatic amines is 1. The highest BCUT2D eigenvalue weighted by atomic mass is 32.2. The first-order valence-electron chi connectivity index (χ1n) is 4.04. The number of fused-ring (bicyclic) bond motifs is 1. The molecular formula is C9H8N2OS. The fourth-order valence-corrected chi connectivity index (χ4v) is 2.37. The molecule has 1 aromatic heterocycles. The van der Waals surface area contributed by atoms with Crippen molar-refractivity contribution in [3.63, 3.8) is 0 Å². The molecule has 0 unspecified atom stereocenters. The monoisotopic (exact) mass is 192 g/mol. The molecule has 0 saturated carbocycles. The summed E-state index contributed by atoms with van der Waals surface area (Å²) in [7, 11) is 0. The van der Waals surface area contributed by atoms with E-state index in [4.69, 9.17) is 5.26 Å². The Kier molecular flexibility index (Phi) is 2.11. The number of hydrogen-bond donors (Lipinski definition) is 1. The Hall–Kier alpha value is -1.21. The lowest BCUT2D eigenvalue weighted by atomic mass is 10.1. The third-order valence-electron chi connectivity index (χ3n) is 2.09. The molecule has 0 amide bonds. The molecule has 2 rings (SSSR count). The third-order valence-corrected chi connectivity index (χ3v) is 3.10. The lowest BCUT2D eigenvalue weighted by Gasteiger charge is -2.14. The minimum Gasteiger partial charge on any atom is -0.325 e. The molecule has 0 aliphatic carbocycles. The molecule has 0 saturated heterocycles. The molecule has 3 nitrogen and oxygen atoms in total. The first-order chi connectivity index (χ1) is 6.31. The van der Waals surface area contributed by atoms with E-state index >= 15 is 0 Å². The van der Waals surface area contributed by atoms with E-state index in [1.807, 2.05) is 17.8 Å². The van der Waals surface area contributed by atoms with Crippen LogP contribution in [0.15, 0.2) is 10.9 Å². The Balaban J connectivity index is 2.59. The Morgan fingerprint density at radius 1 is 1.62 bits per heavy atom. The maximum atomic E-state index is 11.2. The number of H-pyrrole nitrogens is 1. The Morgan fingerprint density at radius 2 is 2.46 bits per heavy atom. The summed E-state index contributed by atoms with van der Waals surface area (Å²) in [5, 5.41) is 8.64. The first-order valence-corrected chi connectivity index (χ1v) is 5.19. The van der Waals surface area contributed by atoms with Gasteiger partial charge in [0, 0.05) is 11.4 Å². The van der Waals surface area contributed by atoms with E-state index in [1.54, 1.807) is 6.07 Å². The van der Waals surface area contributed by atoms with E-state index < -0.39 is 0 Å². The molecule has 13 heavy (non-hydrogen) atoms. The van der Waals surface area contributed by atoms with E-state index in [-0.39, 0.29) is 11.1 Å². The van der Waals surface area contributed by atoms with Gasteiger partial charge in [-0.2, -0.15) is 17.0 Å². The van der Waals surface area contributed by atoms with Crippen molar-refractivity contribution in [3.8, 4) is 6.07 Å². The number of nitrogens with one attached hydrogen (secondary N) is 1. The highest BCUT2D eigenvalue weighted by molar-refractivity contribution is 7.98. The van der Waals surface area contributed by atoms with Gasteiger partial charge in [0.05, 0.1) is 0 Å². The fraction of sp³-hybridized carbons (Fsp3) is 0.333. The zero-order valence-corrected chi connectivity index (χ0v) is 7.78. The molecule has 0 atom stereocenters. The fourth-order valence-electron chi connectivity index (χ4n) is 1.40. The maximum absolute atomic E-state index is 11.2. The summed E-state index contributed by atoms with van der Waals surface area (Å²) >= 11 is 1.83. The molecule has 1 aliphatic rings. The molecule has 0 aromatic carbocycles. The van der Waals surface area contributed by atoms with Crippen LogP contribution >= 0.6 is 11.8 Å². The number of thioether (sulfide) groups is 1. The second-order valence-corrected chi connectivity index (χ2v) is 4.04. The number of aromatic nitrogens is 1. The predicted octanol–water partition coefficient (Wildman–Crippen LogP) is 1.04. The van der Waals surface area contributed by atoms with E-state index in [0.29, 0.717) is 0 Å². The summed E-state index contributed by atoms with van der Waals surface area (Å²) in [6.45, 7) is 0. The van der Waals surface area contributed by atoms with Crippen LogP contribution in [0.5, 0.6) is 0 Å². The van der Waals surface area contributed by atoms with Crippen LogP contribution < -0.4 is 5.56 Å². The molecule has 1 aliphatic heterocycles. The van der Waals surface area contributed by atoms with Crippen molar-refractivity contribution in [2.24, 2.45) is 0 Å². The predicted molar refractivity (Wildman–Crippen MR) is 51.6 cm³/mol. The van der Waals surface area contributed by atoms with Crippen LogP contribution in [-0.4, -0.2) is 10.7 Å². The SMILES string of the molecule is N#Cc1cc2c([nH]c1=O)CCSC2. The number of hydrogen-bond acceptors (Lipinski definition) is 3. The van der Waals surface area contributed by atoms with Crippen LogP contribution in [0, 0.1) is 11.3 Å². The van der Waals surface area contributed by atoms with Crippen LogP contribution in [0.4, 0.5) is 0 Å². The van der Waals surface area contributed by atoms with Crippen molar-refractivity contribution < 1.29 is 0 Å². The molecule has 66 valence electrons. The van der Waals surface area contributed by atoms with Crippen molar-refractivity contribution in [2.45, 2.75) is 12.2 Å². The maximum Gasteiger partial charge on any atom is 0.266 e. The van der Waals surface area contributed by atoms with Crippen molar-refractivity contribution >= 4 is 11.8 Å². The second-order valence-electron chi connectivity index (χ2n) is 2.93. The zero-order chi connectivity index (χ0) is 9.26. The van der Waals surface area contributed by atoms with Crippen LogP contribution in [-0.2, 0) is 12.2 Å². The third kappa shape index (κ3) is 1.47. The molecule has 1 N–H and O–H groups in total. The van der Waals surface area contributed by atoms with Crippen LogP contribution in [0.1, 0.15) is 16.8 Å². The largest absolute Gasteiger partial charge is 0.325 e. The average molecular weight is 192 g/mol. The lowest BCUT2D eigenvalue weighted by molar-refractivity contribution is 0.966. The minimum atomic E-state index is -0.256. The smallest absolute Gasteiger partial charge is 0.266 e. The number of nitriles is 1. The molecule has 2 heterocycles. The molecule has 4 heteroatoms. The van der Waals surface area contributed by atoms with Crippen molar-refractivity contribution in [1.29, 1.82) is 5.26 Å². The van der Waals surface area contributed by atoms with Crippen molar-refractivity contribution in [2.75, 3.05) is 5.75 Å². The van der Waals surface area contributed by atoms with E-state index in [0.717, 1.165) is 29.2 Å². The lowest BCUT2D eigenvalue weighted by Crippen LogP contribution is -2.17. The molecule has 0 fully saturated rings. The van der Waals surface area contributed by atoms with Gasteiger partial charge in [-0.25, -0.2) is 0 Å². The molecular weight excluding hydrogens is 184 g/mol. The van der Waals surface area contributed by atoms with Gasteiger partial charge in [0.1, 0.15) is 11.6 Å². The number of rotatable bonds is 0. The number of aryl methyl sites for hydroxylation is 1. The van der Waals surface area contributed by atoms with Gasteiger partial charge >= 0.3 is 0 Å². The summed E-state index contributed by atoms with van der Waals surface area (Å²) in [5.74, 6) is 1.95. The molecule has 0 bridgehead atoms. The number of pyridine rings is 1. The molecule has 0 radical (unpaired) electrons. The summed E-state index contributed by atoms with van der Waals surface area (Å²) in [6, 6.07) is 3.60. The summed E-state index contributed by atoms with van der Waals surface area (Å²) < 4.78 is 0. The van der Waals surface area contributed by atoms with E-state index in [9.17, 15) is 4.79 Å². The highest BCUT2D eigenvalue weighted by Crippen LogP contribution is 2.22. The average Bonchev–Trinajstić information content (AvgIpc) is 2.17. The van der Waals surface area contributed by atoms with Gasteiger partial charge in [-0.3, -0.25) is 4.79 Å². The topological polar surface area (TPSA) is 56.6 Å². The van der Waals surface area contributed by atoms with Crippen LogP contribution in [0.2, 0.25) is 0 Å². The van der Waals surface area contributed by atoms with Gasteiger partial charge in [0.25, 0.3) is 5.56 Å². The van der Waals surface area contributed by atoms with E-state index in [1.165, 1.54) is 0 Å². The van der Waals surface area contributed by atoms with Gasteiger partial charge < -0.3 is 4.98 Å². The summed E-state index contributed by atoms with van der Waals surface area (Å²) in [5.41, 5.74) is 2.07. The Morgan fingerprint density at radius 3 is 3.23 bits per heavy atom. The van der Waals surface area contributed by atoms with Crippen LogP contribution in [0.25, 0.3) is 0 Å². The van der Waals surface area contributed by atoms with Gasteiger partial charge in [-0.15, -0.1) is 0 Å². The standard InChI is InChI=1S/C9H8N2OS/c10-4-6-3-7-5-13-2-1-8(7)11-9(6)12/h3H,1-2,5H2,(H,11,12). The van der Waals surface area contributed by atoms with Crippen molar-refractivity contribution in [1.82, 2.24) is 4.98 Å². The van der Waals surface area contributed by atoms with Gasteiger partial charge in [0.2, 0.25) is 0 Å². The van der Waals surface area contributed by atoms with Crippen LogP contribution in [0.3, 0.4) is 0 Å². The Labute approximate surface area is 79.8 Å². The van der Waals surface area contributed by atoms with Gasteiger partial charge in [-0.05, 0) is 23.8 Å². The minimum absolute atomic E-state index is 0.223. The van der Waals surface area contributed by atoms with Crippen molar-refractivity contribution in [3.05, 3.63) is 33.2 Å². The molecule has 1 aromatic rings. The summed E-state index contributed by atoms with van der Waals surface area (Å²) in [4.78, 5) is 14.0. The quantitative estimate of drug-likeness (QED) is 0.668. The number of nitrogens with zero attached hydrogens (tertiary/aromatic N) is 1. The first kappa shape index (κ1) is 8.39. The normalized spacial score (nSPS) is 14.7. The van der Waals surface area contributed by atoms with E-state index in [2.05, 4.69) is 4.98 Å². The molecule has 0 spiro atoms. The highest BCUT2D eigenvalue weighted by Gasteiger charge is 2.12. The van der Waals surface area contributed by atoms with Gasteiger partial charge in [-0.1, -0.05) is 0 Å². The Bertz CT molecular complexity index is 430.